The largest absolute Gasteiger partial charge is 0.367 e. The van der Waals surface area contributed by atoms with E-state index in [0.717, 1.165) is 6.42 Å². The molecule has 0 amide bonds. The number of hydroxylamine groups is 2. The highest BCUT2D eigenvalue weighted by Gasteiger charge is 2.28. The van der Waals surface area contributed by atoms with Crippen molar-refractivity contribution in [1.29, 1.82) is 0 Å². The summed E-state index contributed by atoms with van der Waals surface area (Å²) in [5, 5.41) is 1.62. The van der Waals surface area contributed by atoms with Gasteiger partial charge in [-0.2, -0.15) is 0 Å². The minimum atomic E-state index is -0.498. The lowest BCUT2D eigenvalue weighted by Gasteiger charge is -2.23. The van der Waals surface area contributed by atoms with Crippen molar-refractivity contribution >= 4 is 11.8 Å². The van der Waals surface area contributed by atoms with Crippen molar-refractivity contribution in [2.75, 3.05) is 13.1 Å². The fourth-order valence-electron chi connectivity index (χ4n) is 1.44. The molecule has 0 aromatic rings. The molecule has 1 unspecified atom stereocenters. The fraction of sp³-hybridized carbons (Fsp3) is 0.833. The normalized spacial score (nSPS) is 24.0. The third-order valence-corrected chi connectivity index (χ3v) is 2.79. The number of ketones is 1. The van der Waals surface area contributed by atoms with Crippen LogP contribution in [0, 0.1) is 11.3 Å². The molecule has 0 saturated carbocycles. The molecule has 92 valence electrons. The van der Waals surface area contributed by atoms with Crippen LogP contribution < -0.4 is 0 Å². The SMILES string of the molecule is CC1CCN(OC(=O)C(C)(C)C)CCC1=O. The van der Waals surface area contributed by atoms with E-state index >= 15 is 0 Å². The zero-order valence-corrected chi connectivity index (χ0v) is 10.6. The lowest BCUT2D eigenvalue weighted by Crippen LogP contribution is -2.34. The van der Waals surface area contributed by atoms with Crippen molar-refractivity contribution < 1.29 is 14.4 Å². The molecule has 0 aliphatic carbocycles. The predicted octanol–water partition coefficient (Wildman–Crippen LogP) is 1.79. The van der Waals surface area contributed by atoms with Gasteiger partial charge in [0.1, 0.15) is 5.78 Å². The molecule has 1 aliphatic rings. The van der Waals surface area contributed by atoms with Gasteiger partial charge in [0.15, 0.2) is 0 Å². The summed E-state index contributed by atoms with van der Waals surface area (Å²) in [6.07, 6.45) is 1.23. The van der Waals surface area contributed by atoms with Crippen LogP contribution in [0.1, 0.15) is 40.5 Å². The molecule has 1 atom stereocenters. The number of hydrogen-bond acceptors (Lipinski definition) is 4. The zero-order valence-electron chi connectivity index (χ0n) is 10.6. The van der Waals surface area contributed by atoms with Crippen molar-refractivity contribution in [2.45, 2.75) is 40.5 Å². The standard InChI is InChI=1S/C12H21NO3/c1-9-5-7-13(8-6-10(9)14)16-11(15)12(2,3)4/h9H,5-8H2,1-4H3. The summed E-state index contributed by atoms with van der Waals surface area (Å²) in [5.74, 6) is 0.0992. The van der Waals surface area contributed by atoms with E-state index in [2.05, 4.69) is 0 Å². The maximum atomic E-state index is 11.7. The van der Waals surface area contributed by atoms with Crippen LogP contribution in [0.15, 0.2) is 0 Å². The molecule has 1 saturated heterocycles. The Morgan fingerprint density at radius 2 is 2.00 bits per heavy atom. The van der Waals surface area contributed by atoms with Gasteiger partial charge in [-0.1, -0.05) is 6.92 Å². The highest BCUT2D eigenvalue weighted by molar-refractivity contribution is 5.81. The summed E-state index contributed by atoms with van der Waals surface area (Å²) in [6, 6.07) is 0. The lowest BCUT2D eigenvalue weighted by atomic mass is 9.98. The summed E-state index contributed by atoms with van der Waals surface area (Å²) in [5.41, 5.74) is -0.498. The van der Waals surface area contributed by atoms with Crippen LogP contribution in [-0.2, 0) is 14.4 Å². The van der Waals surface area contributed by atoms with Gasteiger partial charge in [0.2, 0.25) is 0 Å². The molecule has 1 rings (SSSR count). The Bertz CT molecular complexity index is 280. The van der Waals surface area contributed by atoms with Crippen molar-refractivity contribution in [3.8, 4) is 0 Å². The van der Waals surface area contributed by atoms with Crippen LogP contribution in [0.25, 0.3) is 0 Å². The average Bonchev–Trinajstić information content (AvgIpc) is 2.32. The van der Waals surface area contributed by atoms with Gasteiger partial charge in [0.05, 0.1) is 5.41 Å². The van der Waals surface area contributed by atoms with Gasteiger partial charge in [0, 0.05) is 25.4 Å². The Hall–Kier alpha value is -0.900. The first-order chi connectivity index (χ1) is 7.30. The summed E-state index contributed by atoms with van der Waals surface area (Å²) in [4.78, 5) is 28.4. The second kappa shape index (κ2) is 4.95. The summed E-state index contributed by atoms with van der Waals surface area (Å²) >= 11 is 0. The van der Waals surface area contributed by atoms with Crippen molar-refractivity contribution in [1.82, 2.24) is 5.06 Å². The number of Topliss-reactive ketones (excluding diaryl/α,β-unsaturated/α-hetero) is 1. The quantitative estimate of drug-likeness (QED) is 0.685. The fourth-order valence-corrected chi connectivity index (χ4v) is 1.44. The van der Waals surface area contributed by atoms with E-state index in [4.69, 9.17) is 4.84 Å². The molecular formula is C12H21NO3. The molecule has 4 heteroatoms. The number of carbonyl (C=O) groups is 2. The second-order valence-electron chi connectivity index (χ2n) is 5.46. The van der Waals surface area contributed by atoms with Crippen molar-refractivity contribution in [3.05, 3.63) is 0 Å². The number of carbonyl (C=O) groups excluding carboxylic acids is 2. The van der Waals surface area contributed by atoms with E-state index in [1.54, 1.807) is 5.06 Å². The van der Waals surface area contributed by atoms with E-state index in [-0.39, 0.29) is 17.7 Å². The van der Waals surface area contributed by atoms with Crippen LogP contribution in [0.3, 0.4) is 0 Å². The van der Waals surface area contributed by atoms with Gasteiger partial charge >= 0.3 is 5.97 Å². The Morgan fingerprint density at radius 3 is 2.56 bits per heavy atom. The molecule has 1 aliphatic heterocycles. The topological polar surface area (TPSA) is 46.6 Å². The van der Waals surface area contributed by atoms with Crippen molar-refractivity contribution in [3.63, 3.8) is 0 Å². The summed E-state index contributed by atoms with van der Waals surface area (Å²) in [7, 11) is 0. The summed E-state index contributed by atoms with van der Waals surface area (Å²) < 4.78 is 0. The first-order valence-corrected chi connectivity index (χ1v) is 5.81. The molecular weight excluding hydrogens is 206 g/mol. The molecule has 0 aromatic carbocycles. The molecule has 16 heavy (non-hydrogen) atoms. The molecule has 0 spiro atoms. The maximum absolute atomic E-state index is 11.7. The van der Waals surface area contributed by atoms with Gasteiger partial charge in [-0.05, 0) is 27.2 Å². The molecule has 0 bridgehead atoms. The Balaban J connectivity index is 2.50. The van der Waals surface area contributed by atoms with Crippen LogP contribution in [-0.4, -0.2) is 29.9 Å². The summed E-state index contributed by atoms with van der Waals surface area (Å²) in [6.45, 7) is 8.56. The number of hydrogen-bond donors (Lipinski definition) is 0. The molecule has 0 radical (unpaired) electrons. The first-order valence-electron chi connectivity index (χ1n) is 5.81. The lowest BCUT2D eigenvalue weighted by molar-refractivity contribution is -0.200. The van der Waals surface area contributed by atoms with Gasteiger partial charge < -0.3 is 4.84 Å². The monoisotopic (exact) mass is 227 g/mol. The van der Waals surface area contributed by atoms with E-state index in [0.29, 0.717) is 19.5 Å². The highest BCUT2D eigenvalue weighted by Crippen LogP contribution is 2.19. The second-order valence-corrected chi connectivity index (χ2v) is 5.46. The van der Waals surface area contributed by atoms with Gasteiger partial charge in [-0.15, -0.1) is 5.06 Å². The van der Waals surface area contributed by atoms with Crippen molar-refractivity contribution in [2.24, 2.45) is 11.3 Å². The Kier molecular flexibility index (Phi) is 4.08. The van der Waals surface area contributed by atoms with Gasteiger partial charge in [-0.25, -0.2) is 4.79 Å². The molecule has 4 nitrogen and oxygen atoms in total. The third-order valence-electron chi connectivity index (χ3n) is 2.79. The van der Waals surface area contributed by atoms with E-state index in [9.17, 15) is 9.59 Å². The van der Waals surface area contributed by atoms with Crippen LogP contribution in [0.5, 0.6) is 0 Å². The third kappa shape index (κ3) is 3.59. The van der Waals surface area contributed by atoms with E-state index in [1.165, 1.54) is 0 Å². The Morgan fingerprint density at radius 1 is 1.38 bits per heavy atom. The number of rotatable bonds is 1. The highest BCUT2D eigenvalue weighted by atomic mass is 16.7. The van der Waals surface area contributed by atoms with E-state index < -0.39 is 5.41 Å². The first kappa shape index (κ1) is 13.2. The van der Waals surface area contributed by atoms with Crippen LogP contribution in [0.2, 0.25) is 0 Å². The minimum Gasteiger partial charge on any atom is -0.367 e. The molecule has 1 heterocycles. The van der Waals surface area contributed by atoms with Gasteiger partial charge in [-0.3, -0.25) is 4.79 Å². The molecule has 0 aromatic heterocycles. The maximum Gasteiger partial charge on any atom is 0.330 e. The molecule has 0 N–H and O–H groups in total. The molecule has 1 fully saturated rings. The average molecular weight is 227 g/mol. The number of nitrogens with zero attached hydrogens (tertiary/aromatic N) is 1. The Labute approximate surface area is 96.9 Å². The van der Waals surface area contributed by atoms with Gasteiger partial charge in [0.25, 0.3) is 0 Å². The van der Waals surface area contributed by atoms with Crippen LogP contribution in [0.4, 0.5) is 0 Å². The zero-order chi connectivity index (χ0) is 12.3. The predicted molar refractivity (Wildman–Crippen MR) is 60.5 cm³/mol. The minimum absolute atomic E-state index is 0.0818. The smallest absolute Gasteiger partial charge is 0.330 e. The van der Waals surface area contributed by atoms with E-state index in [1.807, 2.05) is 27.7 Å². The van der Waals surface area contributed by atoms with Crippen LogP contribution >= 0.6 is 0 Å².